The van der Waals surface area contributed by atoms with Gasteiger partial charge in [-0.15, -0.1) is 0 Å². The van der Waals surface area contributed by atoms with Gasteiger partial charge in [0.15, 0.2) is 0 Å². The molecule has 2 heterocycles. The average molecular weight is 765 g/mol. The average Bonchev–Trinajstić information content (AvgIpc) is 3.87. The molecule has 3 heteroatoms. The van der Waals surface area contributed by atoms with Gasteiger partial charge in [-0.3, -0.25) is 0 Å². The van der Waals surface area contributed by atoms with E-state index in [1.165, 1.54) is 27.8 Å². The monoisotopic (exact) mass is 764 g/mol. The molecule has 2 aromatic heterocycles. The summed E-state index contributed by atoms with van der Waals surface area (Å²) in [5.41, 5.74) is 18.8. The van der Waals surface area contributed by atoms with Crippen LogP contribution in [0.25, 0.3) is 93.9 Å². The van der Waals surface area contributed by atoms with Gasteiger partial charge in [0, 0.05) is 38.7 Å². The highest BCUT2D eigenvalue weighted by Gasteiger charge is 2.26. The summed E-state index contributed by atoms with van der Waals surface area (Å²) in [5.74, 6) is 0.312. The number of aromatic nitrogens is 1. The van der Waals surface area contributed by atoms with Gasteiger partial charge in [0.1, 0.15) is 11.2 Å². The Hall–Kier alpha value is -7.93. The van der Waals surface area contributed by atoms with Gasteiger partial charge in [0.25, 0.3) is 0 Å². The van der Waals surface area contributed by atoms with Crippen molar-refractivity contribution in [2.24, 2.45) is 0 Å². The molecule has 1 aliphatic carbocycles. The molecule has 0 amide bonds. The second-order valence-corrected chi connectivity index (χ2v) is 16.0. The first-order valence-electron chi connectivity index (χ1n) is 20.6. The standard InChI is InChI=1S/C57H36N2O/c58-35-36-28-42(38-22-23-41-33-50(37-12-3-1-4-13-37)46-16-7-8-17-47(46)51(41)31-38)30-43(29-36)39-24-26-54-52(32-39)53-34-40(25-27-55(53)59(54)44-14-5-2-6-15-44)45-19-11-20-49-48-18-9-10-21-56(48)60-57(45)49/h1-32,34,50H,33H2. The molecule has 0 aliphatic heterocycles. The topological polar surface area (TPSA) is 41.9 Å². The van der Waals surface area contributed by atoms with Crippen molar-refractivity contribution < 1.29 is 4.42 Å². The second kappa shape index (κ2) is 13.6. The molecule has 0 saturated carbocycles. The fourth-order valence-corrected chi connectivity index (χ4v) is 9.77. The predicted molar refractivity (Wildman–Crippen MR) is 247 cm³/mol. The van der Waals surface area contributed by atoms with E-state index in [0.29, 0.717) is 11.5 Å². The Balaban J connectivity index is 1.00. The molecule has 1 atom stereocenters. The number of rotatable bonds is 5. The Morgan fingerprint density at radius 2 is 1.10 bits per heavy atom. The Morgan fingerprint density at radius 1 is 0.467 bits per heavy atom. The van der Waals surface area contributed by atoms with Crippen LogP contribution in [0.3, 0.4) is 0 Å². The highest BCUT2D eigenvalue weighted by molar-refractivity contribution is 6.14. The number of nitrogens with zero attached hydrogens (tertiary/aromatic N) is 2. The lowest BCUT2D eigenvalue weighted by molar-refractivity contribution is 0.670. The molecule has 0 fully saturated rings. The highest BCUT2D eigenvalue weighted by Crippen LogP contribution is 2.45. The van der Waals surface area contributed by atoms with Crippen molar-refractivity contribution in [2.45, 2.75) is 12.3 Å². The zero-order chi connectivity index (χ0) is 39.7. The minimum atomic E-state index is 0.312. The third kappa shape index (κ3) is 5.43. The number of furan rings is 1. The van der Waals surface area contributed by atoms with Gasteiger partial charge in [-0.05, 0) is 129 Å². The molecule has 0 radical (unpaired) electrons. The maximum absolute atomic E-state index is 10.4. The second-order valence-electron chi connectivity index (χ2n) is 16.0. The number of benzene rings is 9. The summed E-state index contributed by atoms with van der Waals surface area (Å²) in [7, 11) is 0. The first-order chi connectivity index (χ1) is 29.7. The molecular weight excluding hydrogens is 729 g/mol. The van der Waals surface area contributed by atoms with Gasteiger partial charge in [-0.25, -0.2) is 0 Å². The van der Waals surface area contributed by atoms with Crippen LogP contribution < -0.4 is 0 Å². The lowest BCUT2D eigenvalue weighted by Crippen LogP contribution is -2.12. The van der Waals surface area contributed by atoms with E-state index in [4.69, 9.17) is 4.42 Å². The zero-order valence-electron chi connectivity index (χ0n) is 32.6. The van der Waals surface area contributed by atoms with Crippen LogP contribution in [0, 0.1) is 11.3 Å². The van der Waals surface area contributed by atoms with Gasteiger partial charge < -0.3 is 8.98 Å². The molecule has 0 spiro atoms. The van der Waals surface area contributed by atoms with Gasteiger partial charge in [-0.2, -0.15) is 5.26 Å². The highest BCUT2D eigenvalue weighted by atomic mass is 16.3. The lowest BCUT2D eigenvalue weighted by atomic mass is 9.75. The Kier molecular flexibility index (Phi) is 7.73. The number of hydrogen-bond acceptors (Lipinski definition) is 2. The van der Waals surface area contributed by atoms with Gasteiger partial charge in [0.2, 0.25) is 0 Å². The Morgan fingerprint density at radius 3 is 1.90 bits per heavy atom. The van der Waals surface area contributed by atoms with Gasteiger partial charge in [-0.1, -0.05) is 133 Å². The third-order valence-electron chi connectivity index (χ3n) is 12.6. The molecule has 1 aliphatic rings. The number of nitriles is 1. The minimum Gasteiger partial charge on any atom is -0.455 e. The fourth-order valence-electron chi connectivity index (χ4n) is 9.77. The van der Waals surface area contributed by atoms with Crippen molar-refractivity contribution in [3.63, 3.8) is 0 Å². The summed E-state index contributed by atoms with van der Waals surface area (Å²) >= 11 is 0. The Labute approximate surface area is 347 Å². The molecule has 3 nitrogen and oxygen atoms in total. The van der Waals surface area contributed by atoms with E-state index in [0.717, 1.165) is 89.2 Å². The Bertz CT molecular complexity index is 3530. The van der Waals surface area contributed by atoms with E-state index < -0.39 is 0 Å². The SMILES string of the molecule is N#Cc1cc(-c2ccc3c(c2)-c2ccccc2C(c2ccccc2)C3)cc(-c2ccc3c(c2)c2cc(-c4cccc5c4oc4ccccc45)ccc2n3-c2ccccc2)c1. The van der Waals surface area contributed by atoms with Crippen molar-refractivity contribution in [3.05, 3.63) is 222 Å². The van der Waals surface area contributed by atoms with Crippen LogP contribution in [0.1, 0.15) is 28.2 Å². The molecule has 0 N–H and O–H groups in total. The van der Waals surface area contributed by atoms with Crippen LogP contribution in [0.4, 0.5) is 0 Å². The van der Waals surface area contributed by atoms with Crippen LogP contribution >= 0.6 is 0 Å². The first-order valence-corrected chi connectivity index (χ1v) is 20.6. The lowest BCUT2D eigenvalue weighted by Gasteiger charge is -2.29. The van der Waals surface area contributed by atoms with Gasteiger partial charge in [0.05, 0.1) is 22.7 Å². The van der Waals surface area contributed by atoms with Crippen LogP contribution in [-0.2, 0) is 6.42 Å². The van der Waals surface area contributed by atoms with Crippen molar-refractivity contribution >= 4 is 43.7 Å². The molecule has 11 aromatic rings. The summed E-state index contributed by atoms with van der Waals surface area (Å²) in [6.45, 7) is 0. The predicted octanol–water partition coefficient (Wildman–Crippen LogP) is 14.9. The summed E-state index contributed by atoms with van der Waals surface area (Å²) in [6, 6.07) is 74.1. The summed E-state index contributed by atoms with van der Waals surface area (Å²) < 4.78 is 8.85. The normalized spacial score (nSPS) is 13.4. The molecule has 0 bridgehead atoms. The van der Waals surface area contributed by atoms with E-state index in [9.17, 15) is 5.26 Å². The van der Waals surface area contributed by atoms with E-state index in [1.54, 1.807) is 0 Å². The molecule has 280 valence electrons. The third-order valence-corrected chi connectivity index (χ3v) is 12.6. The van der Waals surface area contributed by atoms with Crippen LogP contribution in [-0.4, -0.2) is 4.57 Å². The van der Waals surface area contributed by atoms with E-state index in [1.807, 2.05) is 24.3 Å². The largest absolute Gasteiger partial charge is 0.455 e. The van der Waals surface area contributed by atoms with Crippen LogP contribution in [0.15, 0.2) is 205 Å². The molecule has 1 unspecified atom stereocenters. The molecule has 60 heavy (non-hydrogen) atoms. The van der Waals surface area contributed by atoms with Crippen LogP contribution in [0.2, 0.25) is 0 Å². The summed E-state index contributed by atoms with van der Waals surface area (Å²) in [6.07, 6.45) is 0.950. The van der Waals surface area contributed by atoms with Crippen molar-refractivity contribution in [3.8, 4) is 56.3 Å². The van der Waals surface area contributed by atoms with E-state index in [2.05, 4.69) is 187 Å². The quantitative estimate of drug-likeness (QED) is 0.175. The molecule has 9 aromatic carbocycles. The molecule has 12 rings (SSSR count). The fraction of sp³-hybridized carbons (Fsp3) is 0.0351. The molecular formula is C57H36N2O. The van der Waals surface area contributed by atoms with Crippen molar-refractivity contribution in [1.29, 1.82) is 5.26 Å². The summed E-state index contributed by atoms with van der Waals surface area (Å²) in [4.78, 5) is 0. The zero-order valence-corrected chi connectivity index (χ0v) is 32.6. The smallest absolute Gasteiger partial charge is 0.143 e. The van der Waals surface area contributed by atoms with E-state index >= 15 is 0 Å². The van der Waals surface area contributed by atoms with E-state index in [-0.39, 0.29) is 0 Å². The van der Waals surface area contributed by atoms with Crippen LogP contribution in [0.5, 0.6) is 0 Å². The summed E-state index contributed by atoms with van der Waals surface area (Å²) in [5, 5.41) is 14.9. The maximum atomic E-state index is 10.4. The van der Waals surface area contributed by atoms with Crippen molar-refractivity contribution in [2.75, 3.05) is 0 Å². The van der Waals surface area contributed by atoms with Gasteiger partial charge >= 0.3 is 0 Å². The molecule has 0 saturated heterocycles. The van der Waals surface area contributed by atoms with Crippen molar-refractivity contribution in [1.82, 2.24) is 4.57 Å². The minimum absolute atomic E-state index is 0.312. The number of fused-ring (bicyclic) bond motifs is 9. The number of hydrogen-bond donors (Lipinski definition) is 0. The number of para-hydroxylation sites is 3. The maximum Gasteiger partial charge on any atom is 0.143 e. The first kappa shape index (κ1) is 34.1.